The summed E-state index contributed by atoms with van der Waals surface area (Å²) in [5.41, 5.74) is 0.783. The summed E-state index contributed by atoms with van der Waals surface area (Å²) < 4.78 is 30.4. The van der Waals surface area contributed by atoms with E-state index < -0.39 is 10.0 Å². The Morgan fingerprint density at radius 3 is 2.63 bits per heavy atom. The first kappa shape index (κ1) is 19.9. The molecule has 0 radical (unpaired) electrons. The van der Waals surface area contributed by atoms with Crippen molar-refractivity contribution in [2.45, 2.75) is 19.4 Å². The lowest BCUT2D eigenvalue weighted by Crippen LogP contribution is -2.46. The summed E-state index contributed by atoms with van der Waals surface area (Å²) in [6.07, 6.45) is 2.59. The molecule has 1 atom stereocenters. The number of piperidine rings is 1. The quantitative estimate of drug-likeness (QED) is 0.737. The highest BCUT2D eigenvalue weighted by molar-refractivity contribution is 7.88. The third kappa shape index (κ3) is 4.88. The standard InChI is InChI=1S/C19H24N2O4S2/c1-25-17-9-7-16(8-10-17)21(14-18-6-4-12-26-18)19(22)15-5-3-11-20(13-15)27(2,23)24/h4,6-10,12,15H,3,5,11,13-14H2,1-2H3. The molecule has 0 spiro atoms. The lowest BCUT2D eigenvalue weighted by atomic mass is 9.97. The number of ether oxygens (including phenoxy) is 1. The highest BCUT2D eigenvalue weighted by atomic mass is 32.2. The number of carbonyl (C=O) groups excluding carboxylic acids is 1. The summed E-state index contributed by atoms with van der Waals surface area (Å²) in [6.45, 7) is 1.20. The second-order valence-electron chi connectivity index (χ2n) is 6.66. The number of hydrogen-bond donors (Lipinski definition) is 0. The SMILES string of the molecule is COc1ccc(N(Cc2cccs2)C(=O)C2CCCN(S(C)(=O)=O)C2)cc1. The number of hydrogen-bond acceptors (Lipinski definition) is 5. The van der Waals surface area contributed by atoms with Crippen molar-refractivity contribution < 1.29 is 17.9 Å². The average molecular weight is 409 g/mol. The van der Waals surface area contributed by atoms with Crippen LogP contribution in [-0.4, -0.2) is 45.1 Å². The molecule has 27 heavy (non-hydrogen) atoms. The second kappa shape index (κ2) is 8.41. The van der Waals surface area contributed by atoms with Gasteiger partial charge in [-0.05, 0) is 48.6 Å². The highest BCUT2D eigenvalue weighted by Gasteiger charge is 2.33. The molecule has 1 aromatic heterocycles. The van der Waals surface area contributed by atoms with Gasteiger partial charge in [0.25, 0.3) is 0 Å². The van der Waals surface area contributed by atoms with Gasteiger partial charge in [0.05, 0.1) is 25.8 Å². The van der Waals surface area contributed by atoms with E-state index in [0.717, 1.165) is 16.3 Å². The molecule has 1 saturated heterocycles. The van der Waals surface area contributed by atoms with Crippen molar-refractivity contribution in [2.75, 3.05) is 31.4 Å². The number of thiophene rings is 1. The van der Waals surface area contributed by atoms with E-state index in [4.69, 9.17) is 4.74 Å². The summed E-state index contributed by atoms with van der Waals surface area (Å²) in [4.78, 5) is 16.2. The van der Waals surface area contributed by atoms with Crippen LogP contribution in [0.25, 0.3) is 0 Å². The molecule has 1 aliphatic heterocycles. The molecule has 0 N–H and O–H groups in total. The summed E-state index contributed by atoms with van der Waals surface area (Å²) in [5, 5.41) is 1.98. The van der Waals surface area contributed by atoms with Gasteiger partial charge in [0.2, 0.25) is 15.9 Å². The Bertz CT molecular complexity index is 864. The normalized spacial score (nSPS) is 18.2. The summed E-state index contributed by atoms with van der Waals surface area (Å²) in [6, 6.07) is 11.3. The molecule has 1 aromatic carbocycles. The van der Waals surface area contributed by atoms with Crippen molar-refractivity contribution in [3.05, 3.63) is 46.7 Å². The minimum absolute atomic E-state index is 0.0399. The van der Waals surface area contributed by atoms with Crippen molar-refractivity contribution in [2.24, 2.45) is 5.92 Å². The van der Waals surface area contributed by atoms with E-state index in [-0.39, 0.29) is 18.4 Å². The van der Waals surface area contributed by atoms with E-state index >= 15 is 0 Å². The summed E-state index contributed by atoms with van der Waals surface area (Å²) >= 11 is 1.60. The van der Waals surface area contributed by atoms with Crippen LogP contribution in [0.3, 0.4) is 0 Å². The van der Waals surface area contributed by atoms with Crippen molar-refractivity contribution in [3.8, 4) is 5.75 Å². The molecule has 1 aliphatic rings. The molecule has 1 unspecified atom stereocenters. The predicted molar refractivity (Wildman–Crippen MR) is 108 cm³/mol. The maximum atomic E-state index is 13.3. The average Bonchev–Trinajstić information content (AvgIpc) is 3.18. The minimum Gasteiger partial charge on any atom is -0.497 e. The molecular formula is C19H24N2O4S2. The lowest BCUT2D eigenvalue weighted by Gasteiger charge is -2.33. The van der Waals surface area contributed by atoms with Crippen LogP contribution >= 0.6 is 11.3 Å². The van der Waals surface area contributed by atoms with E-state index in [2.05, 4.69) is 0 Å². The first-order valence-electron chi connectivity index (χ1n) is 8.81. The van der Waals surface area contributed by atoms with Crippen LogP contribution in [0.15, 0.2) is 41.8 Å². The van der Waals surface area contributed by atoms with Crippen LogP contribution in [-0.2, 0) is 21.4 Å². The third-order valence-electron chi connectivity index (χ3n) is 4.75. The molecule has 6 nitrogen and oxygen atoms in total. The zero-order valence-electron chi connectivity index (χ0n) is 15.5. The first-order chi connectivity index (χ1) is 12.9. The molecule has 1 amide bonds. The molecule has 2 aromatic rings. The second-order valence-corrected chi connectivity index (χ2v) is 9.68. The number of methoxy groups -OCH3 is 1. The highest BCUT2D eigenvalue weighted by Crippen LogP contribution is 2.27. The number of benzene rings is 1. The molecular weight excluding hydrogens is 384 g/mol. The van der Waals surface area contributed by atoms with Crippen LogP contribution in [0.5, 0.6) is 5.75 Å². The molecule has 1 fully saturated rings. The van der Waals surface area contributed by atoms with Crippen molar-refractivity contribution in [3.63, 3.8) is 0 Å². The van der Waals surface area contributed by atoms with Gasteiger partial charge in [-0.15, -0.1) is 11.3 Å². The fourth-order valence-corrected chi connectivity index (χ4v) is 4.89. The topological polar surface area (TPSA) is 66.9 Å². The summed E-state index contributed by atoms with van der Waals surface area (Å²) in [7, 11) is -1.69. The van der Waals surface area contributed by atoms with E-state index in [9.17, 15) is 13.2 Å². The molecule has 0 aliphatic carbocycles. The fourth-order valence-electron chi connectivity index (χ4n) is 3.28. The molecule has 8 heteroatoms. The number of sulfonamides is 1. The lowest BCUT2D eigenvalue weighted by molar-refractivity contribution is -0.123. The Morgan fingerprint density at radius 2 is 2.04 bits per heavy atom. The molecule has 3 rings (SSSR count). The van der Waals surface area contributed by atoms with Crippen LogP contribution in [0.1, 0.15) is 17.7 Å². The Labute approximate surface area is 164 Å². The van der Waals surface area contributed by atoms with Crippen LogP contribution in [0.2, 0.25) is 0 Å². The molecule has 0 saturated carbocycles. The molecule has 2 heterocycles. The Morgan fingerprint density at radius 1 is 1.30 bits per heavy atom. The largest absolute Gasteiger partial charge is 0.497 e. The van der Waals surface area contributed by atoms with Gasteiger partial charge in [-0.2, -0.15) is 0 Å². The minimum atomic E-state index is -3.29. The van der Waals surface area contributed by atoms with Gasteiger partial charge < -0.3 is 9.64 Å². The molecule has 0 bridgehead atoms. The zero-order chi connectivity index (χ0) is 19.4. The van der Waals surface area contributed by atoms with Crippen molar-refractivity contribution in [1.82, 2.24) is 4.31 Å². The Kier molecular flexibility index (Phi) is 6.18. The van der Waals surface area contributed by atoms with Gasteiger partial charge in [0, 0.05) is 23.7 Å². The summed E-state index contributed by atoms with van der Waals surface area (Å²) in [5.74, 6) is 0.348. The van der Waals surface area contributed by atoms with E-state index in [1.54, 1.807) is 23.3 Å². The van der Waals surface area contributed by atoms with Crippen molar-refractivity contribution >= 4 is 33.0 Å². The first-order valence-corrected chi connectivity index (χ1v) is 11.5. The zero-order valence-corrected chi connectivity index (χ0v) is 17.1. The monoisotopic (exact) mass is 408 g/mol. The smallest absolute Gasteiger partial charge is 0.231 e. The van der Waals surface area contributed by atoms with E-state index in [1.807, 2.05) is 41.8 Å². The van der Waals surface area contributed by atoms with Gasteiger partial charge in [0.1, 0.15) is 5.75 Å². The van der Waals surface area contributed by atoms with E-state index in [1.165, 1.54) is 10.6 Å². The Balaban J connectivity index is 1.85. The van der Waals surface area contributed by atoms with Crippen LogP contribution in [0.4, 0.5) is 5.69 Å². The fraction of sp³-hybridized carbons (Fsp3) is 0.421. The van der Waals surface area contributed by atoms with Crippen LogP contribution in [0, 0.1) is 5.92 Å². The number of nitrogens with zero attached hydrogens (tertiary/aromatic N) is 2. The van der Waals surface area contributed by atoms with Gasteiger partial charge in [-0.3, -0.25) is 4.79 Å². The van der Waals surface area contributed by atoms with Crippen LogP contribution < -0.4 is 9.64 Å². The van der Waals surface area contributed by atoms with Gasteiger partial charge >= 0.3 is 0 Å². The van der Waals surface area contributed by atoms with Gasteiger partial charge in [0.15, 0.2) is 0 Å². The molecule has 146 valence electrons. The third-order valence-corrected chi connectivity index (χ3v) is 6.88. The number of rotatable bonds is 6. The number of carbonyl (C=O) groups is 1. The van der Waals surface area contributed by atoms with Crippen molar-refractivity contribution in [1.29, 1.82) is 0 Å². The number of anilines is 1. The maximum Gasteiger partial charge on any atom is 0.231 e. The Hall–Kier alpha value is -1.90. The maximum absolute atomic E-state index is 13.3. The number of amides is 1. The van der Waals surface area contributed by atoms with Gasteiger partial charge in [-0.25, -0.2) is 12.7 Å². The predicted octanol–water partition coefficient (Wildman–Crippen LogP) is 2.96. The van der Waals surface area contributed by atoms with Gasteiger partial charge in [-0.1, -0.05) is 6.07 Å². The van der Waals surface area contributed by atoms with E-state index in [0.29, 0.717) is 25.9 Å².